The van der Waals surface area contributed by atoms with Gasteiger partial charge < -0.3 is 10.6 Å². The van der Waals surface area contributed by atoms with Crippen molar-refractivity contribution in [3.63, 3.8) is 0 Å². The minimum absolute atomic E-state index is 0.0657. The molecule has 0 unspecified atom stereocenters. The van der Waals surface area contributed by atoms with E-state index in [0.717, 1.165) is 38.8 Å². The third-order valence-corrected chi connectivity index (χ3v) is 3.98. The van der Waals surface area contributed by atoms with Crippen LogP contribution in [0.5, 0.6) is 0 Å². The molecule has 0 aromatic heterocycles. The summed E-state index contributed by atoms with van der Waals surface area (Å²) in [6.45, 7) is 4.44. The standard InChI is InChI=1S/C15H24N2/c1-13-4-3-5-14(12-13)6-7-15(16)8-10-17(2)11-9-15/h3-5,12H,6-11,16H2,1-2H3. The normalized spacial score (nSPS) is 20.4. The molecule has 0 spiro atoms. The molecule has 1 aliphatic heterocycles. The van der Waals surface area contributed by atoms with Crippen LogP contribution in [0, 0.1) is 6.92 Å². The van der Waals surface area contributed by atoms with Crippen LogP contribution < -0.4 is 5.73 Å². The summed E-state index contributed by atoms with van der Waals surface area (Å²) in [6, 6.07) is 8.78. The van der Waals surface area contributed by atoms with Crippen LogP contribution >= 0.6 is 0 Å². The molecule has 17 heavy (non-hydrogen) atoms. The molecule has 0 atom stereocenters. The molecule has 1 fully saturated rings. The molecule has 1 heterocycles. The molecule has 2 rings (SSSR count). The molecule has 0 bridgehead atoms. The number of hydrogen-bond donors (Lipinski definition) is 1. The van der Waals surface area contributed by atoms with Crippen LogP contribution in [0.4, 0.5) is 0 Å². The molecular weight excluding hydrogens is 208 g/mol. The first-order chi connectivity index (χ1) is 8.07. The van der Waals surface area contributed by atoms with E-state index in [4.69, 9.17) is 5.73 Å². The molecule has 0 amide bonds. The van der Waals surface area contributed by atoms with Crippen LogP contribution in [0.2, 0.25) is 0 Å². The summed E-state index contributed by atoms with van der Waals surface area (Å²) in [7, 11) is 2.18. The highest BCUT2D eigenvalue weighted by atomic mass is 15.1. The van der Waals surface area contributed by atoms with Gasteiger partial charge in [0.15, 0.2) is 0 Å². The summed E-state index contributed by atoms with van der Waals surface area (Å²) in [5.41, 5.74) is 9.32. The van der Waals surface area contributed by atoms with Crippen molar-refractivity contribution in [3.05, 3.63) is 35.4 Å². The van der Waals surface area contributed by atoms with Gasteiger partial charge in [0, 0.05) is 5.54 Å². The van der Waals surface area contributed by atoms with Crippen LogP contribution in [0.25, 0.3) is 0 Å². The Morgan fingerprint density at radius 3 is 2.65 bits per heavy atom. The summed E-state index contributed by atoms with van der Waals surface area (Å²) in [5.74, 6) is 0. The molecule has 0 radical (unpaired) electrons. The molecule has 0 aliphatic carbocycles. The van der Waals surface area contributed by atoms with Gasteiger partial charge in [0.2, 0.25) is 0 Å². The predicted octanol–water partition coefficient (Wildman–Crippen LogP) is 2.35. The maximum atomic E-state index is 6.48. The number of hydrogen-bond acceptors (Lipinski definition) is 2. The molecular formula is C15H24N2. The lowest BCUT2D eigenvalue weighted by atomic mass is 9.83. The first kappa shape index (κ1) is 12.6. The van der Waals surface area contributed by atoms with Crippen molar-refractivity contribution >= 4 is 0 Å². The van der Waals surface area contributed by atoms with Gasteiger partial charge in [0.25, 0.3) is 0 Å². The summed E-state index contributed by atoms with van der Waals surface area (Å²) in [6.07, 6.45) is 4.50. The van der Waals surface area contributed by atoms with E-state index in [2.05, 4.69) is 43.1 Å². The summed E-state index contributed by atoms with van der Waals surface area (Å²) in [4.78, 5) is 2.37. The van der Waals surface area contributed by atoms with Gasteiger partial charge in [0.1, 0.15) is 0 Å². The van der Waals surface area contributed by atoms with Gasteiger partial charge in [-0.3, -0.25) is 0 Å². The van der Waals surface area contributed by atoms with E-state index in [1.807, 2.05) is 0 Å². The van der Waals surface area contributed by atoms with Crippen molar-refractivity contribution in [2.45, 2.75) is 38.1 Å². The molecule has 94 valence electrons. The number of aryl methyl sites for hydroxylation is 2. The monoisotopic (exact) mass is 232 g/mol. The molecule has 0 saturated carbocycles. The molecule has 1 aliphatic rings. The maximum absolute atomic E-state index is 6.48. The Morgan fingerprint density at radius 2 is 2.00 bits per heavy atom. The van der Waals surface area contributed by atoms with Crippen LogP contribution in [-0.2, 0) is 6.42 Å². The van der Waals surface area contributed by atoms with Crippen molar-refractivity contribution in [2.24, 2.45) is 5.73 Å². The average Bonchev–Trinajstić information content (AvgIpc) is 2.31. The third-order valence-electron chi connectivity index (χ3n) is 3.98. The lowest BCUT2D eigenvalue weighted by Crippen LogP contribution is -2.49. The topological polar surface area (TPSA) is 29.3 Å². The van der Waals surface area contributed by atoms with Crippen molar-refractivity contribution in [2.75, 3.05) is 20.1 Å². The van der Waals surface area contributed by atoms with Crippen molar-refractivity contribution in [1.29, 1.82) is 0 Å². The molecule has 1 aromatic carbocycles. The number of likely N-dealkylation sites (tertiary alicyclic amines) is 1. The molecule has 2 heteroatoms. The zero-order valence-corrected chi connectivity index (χ0v) is 11.1. The Labute approximate surface area is 105 Å². The van der Waals surface area contributed by atoms with Gasteiger partial charge in [-0.15, -0.1) is 0 Å². The molecule has 2 nitrogen and oxygen atoms in total. The van der Waals surface area contributed by atoms with E-state index in [1.165, 1.54) is 11.1 Å². The smallest absolute Gasteiger partial charge is 0.0181 e. The number of nitrogens with zero attached hydrogens (tertiary/aromatic N) is 1. The minimum atomic E-state index is 0.0657. The van der Waals surface area contributed by atoms with Crippen LogP contribution in [0.3, 0.4) is 0 Å². The quantitative estimate of drug-likeness (QED) is 0.867. The Hall–Kier alpha value is -0.860. The number of nitrogens with two attached hydrogens (primary N) is 1. The highest BCUT2D eigenvalue weighted by Gasteiger charge is 2.28. The van der Waals surface area contributed by atoms with Crippen LogP contribution in [0.1, 0.15) is 30.4 Å². The largest absolute Gasteiger partial charge is 0.325 e. The number of benzene rings is 1. The van der Waals surface area contributed by atoms with Gasteiger partial charge in [-0.2, -0.15) is 0 Å². The predicted molar refractivity (Wildman–Crippen MR) is 73.1 cm³/mol. The van der Waals surface area contributed by atoms with Gasteiger partial charge in [0.05, 0.1) is 0 Å². The maximum Gasteiger partial charge on any atom is 0.0181 e. The van der Waals surface area contributed by atoms with Crippen molar-refractivity contribution in [1.82, 2.24) is 4.90 Å². The van der Waals surface area contributed by atoms with E-state index < -0.39 is 0 Å². The fraction of sp³-hybridized carbons (Fsp3) is 0.600. The Morgan fingerprint density at radius 1 is 1.29 bits per heavy atom. The lowest BCUT2D eigenvalue weighted by molar-refractivity contribution is 0.182. The molecule has 1 saturated heterocycles. The molecule has 2 N–H and O–H groups in total. The number of rotatable bonds is 3. The zero-order chi connectivity index (χ0) is 12.3. The van der Waals surface area contributed by atoms with Crippen LogP contribution in [0.15, 0.2) is 24.3 Å². The second-order valence-electron chi connectivity index (χ2n) is 5.65. The Kier molecular flexibility index (Phi) is 3.85. The van der Waals surface area contributed by atoms with E-state index in [0.29, 0.717) is 0 Å². The van der Waals surface area contributed by atoms with E-state index in [9.17, 15) is 0 Å². The minimum Gasteiger partial charge on any atom is -0.325 e. The second kappa shape index (κ2) is 5.19. The van der Waals surface area contributed by atoms with E-state index in [-0.39, 0.29) is 5.54 Å². The fourth-order valence-electron chi connectivity index (χ4n) is 2.57. The van der Waals surface area contributed by atoms with Gasteiger partial charge >= 0.3 is 0 Å². The summed E-state index contributed by atoms with van der Waals surface area (Å²) >= 11 is 0. The first-order valence-corrected chi connectivity index (χ1v) is 6.60. The fourth-order valence-corrected chi connectivity index (χ4v) is 2.57. The summed E-state index contributed by atoms with van der Waals surface area (Å²) < 4.78 is 0. The lowest BCUT2D eigenvalue weighted by Gasteiger charge is -2.37. The SMILES string of the molecule is Cc1cccc(CCC2(N)CCN(C)CC2)c1. The Balaban J connectivity index is 1.89. The van der Waals surface area contributed by atoms with E-state index >= 15 is 0 Å². The highest BCUT2D eigenvalue weighted by Crippen LogP contribution is 2.24. The zero-order valence-electron chi connectivity index (χ0n) is 11.1. The third kappa shape index (κ3) is 3.55. The first-order valence-electron chi connectivity index (χ1n) is 6.60. The molecule has 1 aromatic rings. The summed E-state index contributed by atoms with van der Waals surface area (Å²) in [5, 5.41) is 0. The Bertz CT molecular complexity index is 365. The van der Waals surface area contributed by atoms with Gasteiger partial charge in [-0.1, -0.05) is 29.8 Å². The average molecular weight is 232 g/mol. The van der Waals surface area contributed by atoms with E-state index in [1.54, 1.807) is 0 Å². The van der Waals surface area contributed by atoms with Crippen molar-refractivity contribution in [3.8, 4) is 0 Å². The second-order valence-corrected chi connectivity index (χ2v) is 5.65. The van der Waals surface area contributed by atoms with Gasteiger partial charge in [-0.25, -0.2) is 0 Å². The number of piperidine rings is 1. The van der Waals surface area contributed by atoms with Crippen LogP contribution in [-0.4, -0.2) is 30.6 Å². The van der Waals surface area contributed by atoms with Crippen molar-refractivity contribution < 1.29 is 0 Å². The highest BCUT2D eigenvalue weighted by molar-refractivity contribution is 5.22. The van der Waals surface area contributed by atoms with Gasteiger partial charge in [-0.05, 0) is 58.3 Å².